The minimum Gasteiger partial charge on any atom is -0.494 e. The van der Waals surface area contributed by atoms with Crippen molar-refractivity contribution in [2.75, 3.05) is 59.3 Å². The highest BCUT2D eigenvalue weighted by Gasteiger charge is 2.37. The summed E-state index contributed by atoms with van der Waals surface area (Å²) in [5.74, 6) is 3.19. The summed E-state index contributed by atoms with van der Waals surface area (Å²) in [6.45, 7) is 26.5. The van der Waals surface area contributed by atoms with E-state index in [4.69, 9.17) is 65.7 Å². The number of anilines is 6. The van der Waals surface area contributed by atoms with Crippen molar-refractivity contribution in [3.8, 4) is 23.0 Å². The number of hydrogen-bond donors (Lipinski definition) is 6. The quantitative estimate of drug-likeness (QED) is 0.0275. The van der Waals surface area contributed by atoms with Crippen LogP contribution in [0.1, 0.15) is 11.1 Å². The number of ether oxygens (including phenoxy) is 4. The SMILES string of the molecule is C[Si](C)(COc1ccc(N)cc1)O[Si](C)(C)COc1ccc(N)cc1.C[Si](C)(COc1cccc(N)c1)O[Si](C)(C)COc1cccc(N)c1.C[Si](C)(Cc1ccc(N)cc1)O[Si](C)(C)Cc1ccc(N)cc1. The van der Waals surface area contributed by atoms with Crippen LogP contribution in [0.3, 0.4) is 0 Å². The Hall–Kier alpha value is -5.50. The fourth-order valence-corrected chi connectivity index (χ4v) is 32.0. The molecule has 13 nitrogen and oxygen atoms in total. The van der Waals surface area contributed by atoms with Gasteiger partial charge in [0.15, 0.2) is 16.6 Å². The molecule has 6 aromatic carbocycles. The molecule has 12 N–H and O–H groups in total. The van der Waals surface area contributed by atoms with Crippen LogP contribution in [0, 0.1) is 0 Å². The first-order valence-corrected chi connectivity index (χ1v) is 43.4. The summed E-state index contributed by atoms with van der Waals surface area (Å²) in [4.78, 5) is 0. The fourth-order valence-electron chi connectivity index (χ4n) is 8.05. The van der Waals surface area contributed by atoms with Crippen molar-refractivity contribution in [3.63, 3.8) is 0 Å². The first kappa shape index (κ1) is 60.1. The van der Waals surface area contributed by atoms with E-state index in [1.165, 1.54) is 11.1 Å². The summed E-state index contributed by atoms with van der Waals surface area (Å²) in [6, 6.07) is 48.2. The van der Waals surface area contributed by atoms with E-state index in [1.807, 2.05) is 121 Å². The lowest BCUT2D eigenvalue weighted by Gasteiger charge is -2.34. The van der Waals surface area contributed by atoms with E-state index in [0.29, 0.717) is 36.3 Å². The van der Waals surface area contributed by atoms with Crippen molar-refractivity contribution < 1.29 is 31.3 Å². The molecule has 0 amide bonds. The molecule has 0 aliphatic rings. The van der Waals surface area contributed by atoms with Gasteiger partial charge in [-0.1, -0.05) is 36.4 Å². The second-order valence-corrected chi connectivity index (χ2v) is 47.6. The maximum absolute atomic E-state index is 6.71. The van der Waals surface area contributed by atoms with Crippen molar-refractivity contribution in [2.24, 2.45) is 0 Å². The molecular weight excluding hydrogens is 1010 g/mol. The van der Waals surface area contributed by atoms with Crippen LogP contribution in [0.4, 0.5) is 34.1 Å². The Balaban J connectivity index is 0.000000238. The Morgan fingerprint density at radius 2 is 0.521 bits per heavy atom. The van der Waals surface area contributed by atoms with E-state index in [2.05, 4.69) is 103 Å². The first-order chi connectivity index (χ1) is 34.0. The van der Waals surface area contributed by atoms with Crippen LogP contribution in [0.15, 0.2) is 146 Å². The monoisotopic (exact) mass is 1100 g/mol. The number of benzene rings is 6. The lowest BCUT2D eigenvalue weighted by Crippen LogP contribution is -2.51. The summed E-state index contributed by atoms with van der Waals surface area (Å²) in [6.07, 6.45) is 2.33. The summed E-state index contributed by atoms with van der Waals surface area (Å²) in [5.41, 5.74) is 41.6. The van der Waals surface area contributed by atoms with Crippen molar-refractivity contribution in [2.45, 2.75) is 90.7 Å². The summed E-state index contributed by atoms with van der Waals surface area (Å²) < 4.78 is 43.3. The predicted octanol–water partition coefficient (Wildman–Crippen LogP) is 11.8. The van der Waals surface area contributed by atoms with E-state index >= 15 is 0 Å². The van der Waals surface area contributed by atoms with Gasteiger partial charge in [-0.15, -0.1) is 0 Å². The third-order valence-electron chi connectivity index (χ3n) is 10.7. The molecule has 0 saturated heterocycles. The molecule has 0 aromatic heterocycles. The number of nitrogens with two attached hydrogens (primary N) is 6. The van der Waals surface area contributed by atoms with Crippen molar-refractivity contribution in [1.29, 1.82) is 0 Å². The maximum Gasteiger partial charge on any atom is 0.213 e. The lowest BCUT2D eigenvalue weighted by molar-refractivity contribution is 0.329. The molecule has 6 aromatic rings. The minimum atomic E-state index is -1.99. The summed E-state index contributed by atoms with van der Waals surface area (Å²) in [5, 5.41) is 0. The molecule has 0 bridgehead atoms. The summed E-state index contributed by atoms with van der Waals surface area (Å²) >= 11 is 0. The van der Waals surface area contributed by atoms with Crippen LogP contribution in [-0.2, 0) is 24.4 Å². The Morgan fingerprint density at radius 1 is 0.274 bits per heavy atom. The Bertz CT molecular complexity index is 2410. The number of hydrogen-bond acceptors (Lipinski definition) is 13. The molecule has 0 heterocycles. The van der Waals surface area contributed by atoms with Crippen molar-refractivity contribution in [1.82, 2.24) is 0 Å². The van der Waals surface area contributed by atoms with Gasteiger partial charge in [-0.3, -0.25) is 0 Å². The van der Waals surface area contributed by atoms with Gasteiger partial charge >= 0.3 is 0 Å². The third kappa shape index (κ3) is 24.4. The number of rotatable bonds is 22. The van der Waals surface area contributed by atoms with Gasteiger partial charge in [0.1, 0.15) is 47.9 Å². The molecule has 0 unspecified atom stereocenters. The Labute approximate surface area is 442 Å². The van der Waals surface area contributed by atoms with E-state index in [9.17, 15) is 0 Å². The van der Waals surface area contributed by atoms with Gasteiger partial charge in [-0.2, -0.15) is 0 Å². The molecule has 73 heavy (non-hydrogen) atoms. The fraction of sp³-hybridized carbons (Fsp3) is 0.333. The predicted molar refractivity (Wildman–Crippen MR) is 323 cm³/mol. The van der Waals surface area contributed by atoms with Crippen LogP contribution in [0.25, 0.3) is 0 Å². The lowest BCUT2D eigenvalue weighted by atomic mass is 10.2. The molecule has 396 valence electrons. The van der Waals surface area contributed by atoms with Gasteiger partial charge in [0, 0.05) is 46.3 Å². The van der Waals surface area contributed by atoms with Crippen molar-refractivity contribution >= 4 is 84.0 Å². The zero-order valence-electron chi connectivity index (χ0n) is 45.4. The van der Waals surface area contributed by atoms with Crippen LogP contribution in [0.5, 0.6) is 23.0 Å². The molecule has 0 saturated carbocycles. The Kier molecular flexibility index (Phi) is 21.9. The zero-order chi connectivity index (χ0) is 54.1. The second-order valence-electron chi connectivity index (χ2n) is 22.1. The molecule has 0 aliphatic heterocycles. The molecule has 0 atom stereocenters. The standard InChI is InChI=1S/2C18H28N2O3Si2.C18H28N2OSi2/c1-24(2,13-21-17-9-5-15(19)6-10-17)23-25(3,4)14-22-18-11-7-16(20)8-12-18;1-24(2,13-21-17-9-5-7-15(19)11-17)23-25(3,4)14-22-18-10-6-8-16(20)12-18;1-22(2,13-15-5-9-17(19)10-6-15)21-23(3,4)14-16-7-11-18(20)12-8-16/h2*5-12H,13-14,19-20H2,1-4H3;5-12H,13-14,19-20H2,1-4H3. The highest BCUT2D eigenvalue weighted by atomic mass is 28.4. The molecule has 0 fully saturated rings. The van der Waals surface area contributed by atoms with Gasteiger partial charge in [-0.25, -0.2) is 0 Å². The van der Waals surface area contributed by atoms with Crippen LogP contribution in [0.2, 0.25) is 78.6 Å². The molecule has 6 rings (SSSR count). The van der Waals surface area contributed by atoms with Crippen LogP contribution >= 0.6 is 0 Å². The van der Waals surface area contributed by atoms with E-state index in [-0.39, 0.29) is 0 Å². The average molecular weight is 1100 g/mol. The van der Waals surface area contributed by atoms with Gasteiger partial charge in [0.05, 0.1) is 0 Å². The van der Waals surface area contributed by atoms with E-state index in [1.54, 1.807) is 0 Å². The third-order valence-corrected chi connectivity index (χ3v) is 29.8. The highest BCUT2D eigenvalue weighted by molar-refractivity contribution is 6.86. The number of nitrogen functional groups attached to an aromatic ring is 6. The van der Waals surface area contributed by atoms with Gasteiger partial charge < -0.3 is 65.7 Å². The maximum atomic E-state index is 6.71. The second kappa shape index (κ2) is 26.6. The van der Waals surface area contributed by atoms with E-state index < -0.39 is 49.9 Å². The van der Waals surface area contributed by atoms with E-state index in [0.717, 1.165) is 57.8 Å². The van der Waals surface area contributed by atoms with Gasteiger partial charge in [0.25, 0.3) is 0 Å². The summed E-state index contributed by atoms with van der Waals surface area (Å²) in [7, 11) is -11.5. The largest absolute Gasteiger partial charge is 0.494 e. The minimum absolute atomic E-state index is 0.575. The molecule has 19 heteroatoms. The smallest absolute Gasteiger partial charge is 0.213 e. The normalized spacial score (nSPS) is 12.1. The highest BCUT2D eigenvalue weighted by Crippen LogP contribution is 2.25. The molecular formula is C54H84N6O7Si6. The van der Waals surface area contributed by atoms with Crippen LogP contribution < -0.4 is 53.3 Å². The first-order valence-electron chi connectivity index (χ1n) is 24.7. The van der Waals surface area contributed by atoms with Gasteiger partial charge in [0.2, 0.25) is 33.3 Å². The molecule has 0 aliphatic carbocycles. The zero-order valence-corrected chi connectivity index (χ0v) is 51.4. The van der Waals surface area contributed by atoms with Gasteiger partial charge in [-0.05, 0) is 199 Å². The average Bonchev–Trinajstić information content (AvgIpc) is 3.28. The molecule has 0 spiro atoms. The Morgan fingerprint density at radius 3 is 0.795 bits per heavy atom. The van der Waals surface area contributed by atoms with Crippen molar-refractivity contribution in [3.05, 3.63) is 157 Å². The topological polar surface area (TPSA) is 221 Å². The van der Waals surface area contributed by atoms with Crippen LogP contribution in [-0.4, -0.2) is 74.8 Å². The molecule has 0 radical (unpaired) electrons.